The number of halogens is 2. The monoisotopic (exact) mass is 572 g/mol. The fraction of sp³-hybridized carbons (Fsp3) is 0.379. The van der Waals surface area contributed by atoms with Crippen molar-refractivity contribution >= 4 is 68.6 Å². The highest BCUT2D eigenvalue weighted by Crippen LogP contribution is 2.34. The summed E-state index contributed by atoms with van der Waals surface area (Å²) in [6, 6.07) is 11.3. The number of amides is 2. The van der Waals surface area contributed by atoms with Gasteiger partial charge in [-0.25, -0.2) is 9.59 Å². The number of aromatic nitrogens is 2. The second kappa shape index (κ2) is 11.0. The Balaban J connectivity index is 1.49. The largest absolute Gasteiger partial charge is 0.444 e. The van der Waals surface area contributed by atoms with Crippen molar-refractivity contribution < 1.29 is 19.1 Å². The molecule has 0 saturated heterocycles. The molecular weight excluding hydrogens is 539 g/mol. The van der Waals surface area contributed by atoms with Gasteiger partial charge in [-0.05, 0) is 72.2 Å². The van der Waals surface area contributed by atoms with Gasteiger partial charge >= 0.3 is 12.2 Å². The van der Waals surface area contributed by atoms with Gasteiger partial charge in [0.15, 0.2) is 0 Å². The molecule has 0 fully saturated rings. The number of hydrogen-bond donors (Lipinski definition) is 2. The van der Waals surface area contributed by atoms with Crippen molar-refractivity contribution in [2.75, 3.05) is 10.6 Å². The summed E-state index contributed by atoms with van der Waals surface area (Å²) < 4.78 is 14.9. The molecule has 10 heteroatoms. The van der Waals surface area contributed by atoms with Crippen LogP contribution < -0.4 is 10.6 Å². The Kier molecular flexibility index (Phi) is 8.09. The van der Waals surface area contributed by atoms with E-state index in [-0.39, 0.29) is 0 Å². The summed E-state index contributed by atoms with van der Waals surface area (Å²) in [5.41, 5.74) is 1.80. The van der Waals surface area contributed by atoms with Crippen molar-refractivity contribution in [3.63, 3.8) is 0 Å². The third-order valence-electron chi connectivity index (χ3n) is 5.79. The summed E-state index contributed by atoms with van der Waals surface area (Å²) in [7, 11) is 0. The van der Waals surface area contributed by atoms with Crippen LogP contribution >= 0.6 is 23.2 Å². The van der Waals surface area contributed by atoms with Crippen LogP contribution in [-0.4, -0.2) is 32.5 Å². The molecule has 0 spiro atoms. The molecule has 2 aromatic heterocycles. The SMILES string of the molecule is CC(C)(C)OC(=O)Nc1cccc2c1c(Cl)cn2CCCn1cc(Cl)c2c(NC(=O)OC(C)(C)C)cccc21. The highest BCUT2D eigenvalue weighted by atomic mass is 35.5. The first-order valence-corrected chi connectivity index (χ1v) is 13.5. The van der Waals surface area contributed by atoms with E-state index < -0.39 is 23.4 Å². The Labute approximate surface area is 238 Å². The number of rotatable bonds is 6. The maximum atomic E-state index is 12.3. The van der Waals surface area contributed by atoms with Crippen LogP contribution in [0.2, 0.25) is 10.0 Å². The van der Waals surface area contributed by atoms with Crippen LogP contribution in [0.5, 0.6) is 0 Å². The zero-order chi connectivity index (χ0) is 28.5. The molecule has 8 nitrogen and oxygen atoms in total. The normalized spacial score (nSPS) is 12.1. The molecule has 0 aliphatic carbocycles. The average Bonchev–Trinajstić information content (AvgIpc) is 3.29. The van der Waals surface area contributed by atoms with E-state index in [1.54, 1.807) is 12.1 Å². The van der Waals surface area contributed by atoms with Crippen LogP contribution in [0, 0.1) is 0 Å². The molecular formula is C29H34Cl2N4O4. The highest BCUT2D eigenvalue weighted by molar-refractivity contribution is 6.37. The van der Waals surface area contributed by atoms with Crippen molar-refractivity contribution in [3.05, 3.63) is 58.8 Å². The van der Waals surface area contributed by atoms with Gasteiger partial charge < -0.3 is 18.6 Å². The predicted octanol–water partition coefficient (Wildman–Crippen LogP) is 8.69. The summed E-state index contributed by atoms with van der Waals surface area (Å²) in [6.45, 7) is 12.3. The molecule has 0 aliphatic rings. The van der Waals surface area contributed by atoms with Crippen molar-refractivity contribution in [2.45, 2.75) is 72.3 Å². The van der Waals surface area contributed by atoms with Crippen molar-refractivity contribution in [1.82, 2.24) is 9.13 Å². The Bertz CT molecular complexity index is 1410. The van der Waals surface area contributed by atoms with E-state index >= 15 is 0 Å². The summed E-state index contributed by atoms with van der Waals surface area (Å²) >= 11 is 13.2. The van der Waals surface area contributed by atoms with Crippen molar-refractivity contribution in [1.29, 1.82) is 0 Å². The Morgan fingerprint density at radius 3 is 1.46 bits per heavy atom. The van der Waals surface area contributed by atoms with Gasteiger partial charge in [0, 0.05) is 36.3 Å². The lowest BCUT2D eigenvalue weighted by molar-refractivity contribution is 0.0625. The summed E-state index contributed by atoms with van der Waals surface area (Å²) in [6.07, 6.45) is 3.46. The maximum absolute atomic E-state index is 12.3. The predicted molar refractivity (Wildman–Crippen MR) is 158 cm³/mol. The van der Waals surface area contributed by atoms with Crippen molar-refractivity contribution in [2.24, 2.45) is 0 Å². The zero-order valence-corrected chi connectivity index (χ0v) is 24.5. The smallest absolute Gasteiger partial charge is 0.412 e. The first kappa shape index (κ1) is 28.6. The van der Waals surface area contributed by atoms with E-state index in [4.69, 9.17) is 32.7 Å². The van der Waals surface area contributed by atoms with Gasteiger partial charge in [0.25, 0.3) is 0 Å². The third kappa shape index (κ3) is 6.99. The quantitative estimate of drug-likeness (QED) is 0.242. The van der Waals surface area contributed by atoms with E-state index in [1.165, 1.54) is 0 Å². The lowest BCUT2D eigenvalue weighted by Gasteiger charge is -2.20. The molecule has 0 saturated carbocycles. The molecule has 39 heavy (non-hydrogen) atoms. The molecule has 2 aromatic carbocycles. The molecule has 0 aliphatic heterocycles. The van der Waals surface area contributed by atoms with Gasteiger partial charge in [0.2, 0.25) is 0 Å². The standard InChI is InChI=1S/C29H34Cl2N4O4/c1-28(2,3)38-26(36)32-20-10-7-12-22-24(20)18(30)16-34(22)14-9-15-35-17-19(31)25-21(11-8-13-23(25)35)33-27(37)39-29(4,5)6/h7-8,10-13,16-17H,9,14-15H2,1-6H3,(H,32,36)(H,33,37). The molecule has 208 valence electrons. The average molecular weight is 574 g/mol. The first-order valence-electron chi connectivity index (χ1n) is 12.8. The molecule has 2 amide bonds. The van der Waals surface area contributed by atoms with Gasteiger partial charge in [-0.3, -0.25) is 10.6 Å². The molecule has 2 N–H and O–H groups in total. The summed E-state index contributed by atoms with van der Waals surface area (Å²) in [5.74, 6) is 0. The number of carbonyl (C=O) groups is 2. The van der Waals surface area contributed by atoms with E-state index in [0.717, 1.165) is 28.2 Å². The van der Waals surface area contributed by atoms with Crippen LogP contribution in [0.15, 0.2) is 48.8 Å². The van der Waals surface area contributed by atoms with Gasteiger partial charge in [-0.1, -0.05) is 35.3 Å². The van der Waals surface area contributed by atoms with E-state index in [9.17, 15) is 9.59 Å². The van der Waals surface area contributed by atoms with Gasteiger partial charge in [-0.2, -0.15) is 0 Å². The number of nitrogens with zero attached hydrogens (tertiary/aromatic N) is 2. The van der Waals surface area contributed by atoms with Crippen LogP contribution in [0.4, 0.5) is 21.0 Å². The van der Waals surface area contributed by atoms with Crippen LogP contribution in [0.1, 0.15) is 48.0 Å². The van der Waals surface area contributed by atoms with Crippen LogP contribution in [-0.2, 0) is 22.6 Å². The molecule has 4 rings (SSSR count). The highest BCUT2D eigenvalue weighted by Gasteiger charge is 2.20. The number of fused-ring (bicyclic) bond motifs is 2. The Morgan fingerprint density at radius 1 is 0.718 bits per heavy atom. The lowest BCUT2D eigenvalue weighted by atomic mass is 10.2. The number of hydrogen-bond acceptors (Lipinski definition) is 4. The number of nitrogens with one attached hydrogen (secondary N) is 2. The number of carbonyl (C=O) groups excluding carboxylic acids is 2. The molecule has 0 bridgehead atoms. The second-order valence-electron chi connectivity index (χ2n) is 11.3. The number of aryl methyl sites for hydroxylation is 2. The summed E-state index contributed by atoms with van der Waals surface area (Å²) in [5, 5.41) is 8.24. The number of ether oxygens (including phenoxy) is 2. The van der Waals surface area contributed by atoms with Crippen LogP contribution in [0.25, 0.3) is 21.8 Å². The molecule has 2 heterocycles. The number of benzene rings is 2. The fourth-order valence-electron chi connectivity index (χ4n) is 4.42. The maximum Gasteiger partial charge on any atom is 0.412 e. The second-order valence-corrected chi connectivity index (χ2v) is 12.2. The first-order chi connectivity index (χ1) is 18.2. The molecule has 4 aromatic rings. The zero-order valence-electron chi connectivity index (χ0n) is 23.0. The Morgan fingerprint density at radius 2 is 1.10 bits per heavy atom. The van der Waals surface area contributed by atoms with Gasteiger partial charge in [0.05, 0.1) is 32.5 Å². The fourth-order valence-corrected chi connectivity index (χ4v) is 5.05. The Hall–Kier alpha value is -3.36. The minimum absolute atomic E-state index is 0.532. The van der Waals surface area contributed by atoms with Crippen molar-refractivity contribution in [3.8, 4) is 0 Å². The third-order valence-corrected chi connectivity index (χ3v) is 6.36. The van der Waals surface area contributed by atoms with Gasteiger partial charge in [-0.15, -0.1) is 0 Å². The molecule has 0 radical (unpaired) electrons. The summed E-state index contributed by atoms with van der Waals surface area (Å²) in [4.78, 5) is 24.7. The molecule has 0 unspecified atom stereocenters. The van der Waals surface area contributed by atoms with E-state index in [0.29, 0.717) is 34.5 Å². The minimum Gasteiger partial charge on any atom is -0.444 e. The number of anilines is 2. The van der Waals surface area contributed by atoms with Crippen LogP contribution in [0.3, 0.4) is 0 Å². The van der Waals surface area contributed by atoms with E-state index in [1.807, 2.05) is 78.2 Å². The minimum atomic E-state index is -0.605. The van der Waals surface area contributed by atoms with E-state index in [2.05, 4.69) is 19.8 Å². The van der Waals surface area contributed by atoms with Gasteiger partial charge in [0.1, 0.15) is 11.2 Å². The lowest BCUT2D eigenvalue weighted by Crippen LogP contribution is -2.27. The topological polar surface area (TPSA) is 86.5 Å². The molecule has 0 atom stereocenters.